The molecule has 0 fully saturated rings. The van der Waals surface area contributed by atoms with Crippen LogP contribution in [-0.4, -0.2) is 28.4 Å². The monoisotopic (exact) mass is 507 g/mol. The Balaban J connectivity index is 1.19. The van der Waals surface area contributed by atoms with Crippen molar-refractivity contribution in [2.45, 2.75) is 32.1 Å². The van der Waals surface area contributed by atoms with Crippen LogP contribution in [0.4, 0.5) is 0 Å². The summed E-state index contributed by atoms with van der Waals surface area (Å²) in [4.78, 5) is 24.6. The Bertz CT molecular complexity index is 1530. The molecule has 1 heterocycles. The summed E-state index contributed by atoms with van der Waals surface area (Å²) in [5, 5.41) is 11.0. The van der Waals surface area contributed by atoms with Gasteiger partial charge in [0.05, 0.1) is 24.2 Å². The van der Waals surface area contributed by atoms with Crippen molar-refractivity contribution in [1.82, 2.24) is 4.57 Å². The van der Waals surface area contributed by atoms with Crippen molar-refractivity contribution in [1.29, 1.82) is 0 Å². The second-order valence-electron chi connectivity index (χ2n) is 9.19. The van der Waals surface area contributed by atoms with Crippen LogP contribution in [-0.2, 0) is 29.1 Å². The molecule has 1 N–H and O–H groups in total. The summed E-state index contributed by atoms with van der Waals surface area (Å²) in [6.45, 7) is 1.46. The van der Waals surface area contributed by atoms with E-state index in [9.17, 15) is 14.7 Å². The number of carboxylic acid groups (broad SMARTS) is 1. The van der Waals surface area contributed by atoms with Crippen LogP contribution in [0.3, 0.4) is 0 Å². The van der Waals surface area contributed by atoms with E-state index in [4.69, 9.17) is 9.47 Å². The van der Waals surface area contributed by atoms with Gasteiger partial charge in [-0.3, -0.25) is 4.79 Å². The molecule has 6 nitrogen and oxygen atoms in total. The highest BCUT2D eigenvalue weighted by Gasteiger charge is 2.19. The Hall–Kier alpha value is -4.42. The van der Waals surface area contributed by atoms with Crippen molar-refractivity contribution in [3.05, 3.63) is 124 Å². The molecule has 0 amide bonds. The van der Waals surface area contributed by atoms with E-state index in [1.165, 1.54) is 0 Å². The number of ether oxygens (including phenoxy) is 2. The van der Waals surface area contributed by atoms with Gasteiger partial charge in [0.1, 0.15) is 5.75 Å². The Morgan fingerprint density at radius 1 is 0.763 bits per heavy atom. The second-order valence-corrected chi connectivity index (χ2v) is 9.19. The zero-order chi connectivity index (χ0) is 26.3. The molecule has 0 spiro atoms. The predicted octanol–water partition coefficient (Wildman–Crippen LogP) is 5.84. The van der Waals surface area contributed by atoms with Crippen LogP contribution in [0.15, 0.2) is 108 Å². The number of aliphatic carboxylic acids is 1. The molecular formula is C32H29NO5. The van der Waals surface area contributed by atoms with E-state index in [2.05, 4.69) is 4.57 Å². The molecule has 0 aliphatic heterocycles. The maximum Gasteiger partial charge on any atom is 0.333 e. The van der Waals surface area contributed by atoms with Crippen LogP contribution in [0.2, 0.25) is 0 Å². The van der Waals surface area contributed by atoms with Crippen molar-refractivity contribution < 1.29 is 19.4 Å². The predicted molar refractivity (Wildman–Crippen MR) is 149 cm³/mol. The van der Waals surface area contributed by atoms with Crippen LogP contribution in [0.25, 0.3) is 21.8 Å². The number of nitrogens with zero attached hydrogens (tertiary/aromatic N) is 1. The zero-order valence-corrected chi connectivity index (χ0v) is 21.0. The van der Waals surface area contributed by atoms with Gasteiger partial charge in [-0.25, -0.2) is 4.79 Å². The third-order valence-electron chi connectivity index (χ3n) is 6.59. The lowest BCUT2D eigenvalue weighted by Crippen LogP contribution is -2.26. The van der Waals surface area contributed by atoms with Gasteiger partial charge >= 0.3 is 5.97 Å². The van der Waals surface area contributed by atoms with Crippen LogP contribution in [0.5, 0.6) is 5.75 Å². The van der Waals surface area contributed by atoms with Crippen LogP contribution in [0, 0.1) is 0 Å². The summed E-state index contributed by atoms with van der Waals surface area (Å²) in [6, 6.07) is 32.4. The van der Waals surface area contributed by atoms with Crippen LogP contribution in [0.1, 0.15) is 17.5 Å². The number of aryl methyl sites for hydroxylation is 1. The highest BCUT2D eigenvalue weighted by Crippen LogP contribution is 2.20. The minimum Gasteiger partial charge on any atom is -0.494 e. The van der Waals surface area contributed by atoms with Crippen molar-refractivity contribution in [3.8, 4) is 5.75 Å². The number of para-hydroxylation sites is 2. The summed E-state index contributed by atoms with van der Waals surface area (Å²) in [5.74, 6) is -0.260. The van der Waals surface area contributed by atoms with E-state index < -0.39 is 12.1 Å². The number of carbonyl (C=O) groups is 1. The summed E-state index contributed by atoms with van der Waals surface area (Å²) in [7, 11) is 0. The molecule has 0 aliphatic carbocycles. The van der Waals surface area contributed by atoms with Crippen LogP contribution >= 0.6 is 0 Å². The molecule has 192 valence electrons. The molecule has 4 aromatic carbocycles. The van der Waals surface area contributed by atoms with E-state index in [0.29, 0.717) is 13.2 Å². The standard InChI is InChI=1S/C32H29NO5/c34-31-26-11-4-6-13-28(26)33(29-14-7-5-12-27(29)31)19-8-20-37-25-17-15-23(16-18-25)21-30(32(35)36)38-22-24-9-2-1-3-10-24/h1-7,9-18,30H,8,19-22H2,(H,35,36). The Morgan fingerprint density at radius 3 is 2.00 bits per heavy atom. The molecule has 0 saturated carbocycles. The minimum absolute atomic E-state index is 0.0550. The van der Waals surface area contributed by atoms with Crippen LogP contribution < -0.4 is 10.2 Å². The molecule has 5 rings (SSSR count). The number of benzene rings is 4. The van der Waals surface area contributed by atoms with E-state index in [-0.39, 0.29) is 18.5 Å². The first kappa shape index (κ1) is 25.2. The fraction of sp³-hybridized carbons (Fsp3) is 0.188. The molecule has 0 bridgehead atoms. The first-order valence-electron chi connectivity index (χ1n) is 12.7. The van der Waals surface area contributed by atoms with E-state index in [1.807, 2.05) is 103 Å². The van der Waals surface area contributed by atoms with E-state index in [1.54, 1.807) is 0 Å². The average molecular weight is 508 g/mol. The SMILES string of the molecule is O=C(O)C(Cc1ccc(OCCCn2c3ccccc3c(=O)c3ccccc32)cc1)OCc1ccccc1. The van der Waals surface area contributed by atoms with Crippen molar-refractivity contribution >= 4 is 27.8 Å². The van der Waals surface area contributed by atoms with Crippen molar-refractivity contribution in [2.24, 2.45) is 0 Å². The molecule has 1 unspecified atom stereocenters. The molecule has 5 aromatic rings. The Morgan fingerprint density at radius 2 is 1.37 bits per heavy atom. The molecule has 38 heavy (non-hydrogen) atoms. The fourth-order valence-electron chi connectivity index (χ4n) is 4.65. The lowest BCUT2D eigenvalue weighted by atomic mass is 10.1. The van der Waals surface area contributed by atoms with Gasteiger partial charge in [0.25, 0.3) is 0 Å². The molecule has 1 atom stereocenters. The van der Waals surface area contributed by atoms with Gasteiger partial charge in [0.2, 0.25) is 0 Å². The summed E-state index contributed by atoms with van der Waals surface area (Å²) in [6.07, 6.45) is 0.103. The summed E-state index contributed by atoms with van der Waals surface area (Å²) < 4.78 is 13.8. The summed E-state index contributed by atoms with van der Waals surface area (Å²) in [5.41, 5.74) is 3.69. The van der Waals surface area contributed by atoms with Crippen molar-refractivity contribution in [3.63, 3.8) is 0 Å². The number of fused-ring (bicyclic) bond motifs is 2. The smallest absolute Gasteiger partial charge is 0.333 e. The minimum atomic E-state index is -0.983. The Labute approximate surface area is 220 Å². The summed E-state index contributed by atoms with van der Waals surface area (Å²) >= 11 is 0. The molecule has 1 aromatic heterocycles. The number of hydrogen-bond donors (Lipinski definition) is 1. The lowest BCUT2D eigenvalue weighted by molar-refractivity contribution is -0.151. The molecular weight excluding hydrogens is 478 g/mol. The average Bonchev–Trinajstić information content (AvgIpc) is 2.96. The highest BCUT2D eigenvalue weighted by molar-refractivity contribution is 5.93. The van der Waals surface area contributed by atoms with Gasteiger partial charge in [-0.1, -0.05) is 66.7 Å². The second kappa shape index (κ2) is 11.8. The number of rotatable bonds is 11. The van der Waals surface area contributed by atoms with E-state index >= 15 is 0 Å². The number of pyridine rings is 1. The number of carboxylic acids is 1. The lowest BCUT2D eigenvalue weighted by Gasteiger charge is -2.16. The first-order valence-corrected chi connectivity index (χ1v) is 12.7. The Kier molecular flexibility index (Phi) is 7.81. The number of hydrogen-bond acceptors (Lipinski definition) is 4. The number of aromatic nitrogens is 1. The zero-order valence-electron chi connectivity index (χ0n) is 21.0. The van der Waals surface area contributed by atoms with E-state index in [0.717, 1.165) is 45.1 Å². The molecule has 0 radical (unpaired) electrons. The quantitative estimate of drug-likeness (QED) is 0.180. The maximum absolute atomic E-state index is 12.9. The van der Waals surface area contributed by atoms with Gasteiger partial charge in [-0.05, 0) is 53.9 Å². The van der Waals surface area contributed by atoms with Gasteiger partial charge in [0, 0.05) is 23.7 Å². The molecule has 0 aliphatic rings. The highest BCUT2D eigenvalue weighted by atomic mass is 16.5. The van der Waals surface area contributed by atoms with Gasteiger partial charge < -0.3 is 19.1 Å². The third kappa shape index (κ3) is 5.76. The third-order valence-corrected chi connectivity index (χ3v) is 6.59. The first-order chi connectivity index (χ1) is 18.6. The molecule has 6 heteroatoms. The topological polar surface area (TPSA) is 77.8 Å². The van der Waals surface area contributed by atoms with Crippen molar-refractivity contribution in [2.75, 3.05) is 6.61 Å². The van der Waals surface area contributed by atoms with Gasteiger partial charge in [0.15, 0.2) is 11.5 Å². The van der Waals surface area contributed by atoms with Gasteiger partial charge in [-0.15, -0.1) is 0 Å². The normalized spacial score (nSPS) is 12.0. The molecule has 0 saturated heterocycles. The fourth-order valence-corrected chi connectivity index (χ4v) is 4.65. The van der Waals surface area contributed by atoms with Gasteiger partial charge in [-0.2, -0.15) is 0 Å². The largest absolute Gasteiger partial charge is 0.494 e. The maximum atomic E-state index is 12.9.